The van der Waals surface area contributed by atoms with Crippen LogP contribution in [0.5, 0.6) is 11.5 Å². The highest BCUT2D eigenvalue weighted by molar-refractivity contribution is 7.89. The van der Waals surface area contributed by atoms with Gasteiger partial charge in [-0.05, 0) is 31.0 Å². The van der Waals surface area contributed by atoms with E-state index in [-0.39, 0.29) is 4.90 Å². The first-order chi connectivity index (χ1) is 11.5. The predicted molar refractivity (Wildman–Crippen MR) is 92.1 cm³/mol. The van der Waals surface area contributed by atoms with Gasteiger partial charge in [0.15, 0.2) is 11.5 Å². The lowest BCUT2D eigenvalue weighted by molar-refractivity contribution is 0.171. The van der Waals surface area contributed by atoms with Crippen LogP contribution in [0.2, 0.25) is 0 Å². The van der Waals surface area contributed by atoms with Crippen LogP contribution in [0.1, 0.15) is 20.3 Å². The zero-order chi connectivity index (χ0) is 17.2. The van der Waals surface area contributed by atoms with E-state index in [2.05, 4.69) is 18.7 Å². The van der Waals surface area contributed by atoms with Crippen molar-refractivity contribution in [1.29, 1.82) is 0 Å². The first kappa shape index (κ1) is 17.5. The van der Waals surface area contributed by atoms with Crippen molar-refractivity contribution >= 4 is 10.0 Å². The minimum absolute atomic E-state index is 0.282. The van der Waals surface area contributed by atoms with Gasteiger partial charge in [0.25, 0.3) is 0 Å². The zero-order valence-electron chi connectivity index (χ0n) is 14.4. The smallest absolute Gasteiger partial charge is 0.243 e. The topological polar surface area (TPSA) is 59.1 Å². The van der Waals surface area contributed by atoms with Crippen molar-refractivity contribution in [1.82, 2.24) is 9.21 Å². The molecule has 0 bridgehead atoms. The highest BCUT2D eigenvalue weighted by Gasteiger charge is 2.28. The van der Waals surface area contributed by atoms with E-state index in [0.717, 1.165) is 26.1 Å². The number of fused-ring (bicyclic) bond motifs is 1. The van der Waals surface area contributed by atoms with Crippen molar-refractivity contribution in [3.63, 3.8) is 0 Å². The van der Waals surface area contributed by atoms with Gasteiger partial charge in [0.05, 0.1) is 4.90 Å². The summed E-state index contributed by atoms with van der Waals surface area (Å²) in [5.74, 6) is 1.71. The van der Waals surface area contributed by atoms with E-state index in [0.29, 0.717) is 43.7 Å². The lowest BCUT2D eigenvalue weighted by atomic mass is 10.2. The fraction of sp³-hybridized carbons (Fsp3) is 0.647. The highest BCUT2D eigenvalue weighted by Crippen LogP contribution is 2.33. The number of nitrogens with zero attached hydrogens (tertiary/aromatic N) is 2. The third-order valence-electron chi connectivity index (χ3n) is 4.32. The van der Waals surface area contributed by atoms with E-state index in [1.54, 1.807) is 22.5 Å². The molecule has 0 aliphatic carbocycles. The van der Waals surface area contributed by atoms with Gasteiger partial charge in [-0.1, -0.05) is 13.8 Å². The Kier molecular flexibility index (Phi) is 5.32. The summed E-state index contributed by atoms with van der Waals surface area (Å²) in [5.41, 5.74) is 0. The van der Waals surface area contributed by atoms with E-state index in [1.807, 2.05) is 0 Å². The molecule has 134 valence electrons. The summed E-state index contributed by atoms with van der Waals surface area (Å²) in [4.78, 5) is 2.63. The molecule has 2 aliphatic heterocycles. The van der Waals surface area contributed by atoms with Gasteiger partial charge in [-0.25, -0.2) is 8.42 Å². The maximum Gasteiger partial charge on any atom is 0.243 e. The Labute approximate surface area is 144 Å². The SMILES string of the molecule is CC(C)CN1CCCN(S(=O)(=O)c2ccc3c(c2)OCCO3)CC1. The molecule has 1 aromatic carbocycles. The summed E-state index contributed by atoms with van der Waals surface area (Å²) in [6.45, 7) is 9.16. The summed E-state index contributed by atoms with van der Waals surface area (Å²) >= 11 is 0. The van der Waals surface area contributed by atoms with Crippen molar-refractivity contribution in [2.45, 2.75) is 25.2 Å². The molecule has 0 spiro atoms. The molecule has 7 heteroatoms. The second-order valence-corrected chi connectivity index (χ2v) is 8.70. The molecule has 2 heterocycles. The molecule has 0 saturated carbocycles. The maximum absolute atomic E-state index is 13.0. The normalized spacial score (nSPS) is 20.1. The molecule has 1 aromatic rings. The molecule has 0 unspecified atom stereocenters. The van der Waals surface area contributed by atoms with Crippen molar-refractivity contribution in [3.8, 4) is 11.5 Å². The van der Waals surface area contributed by atoms with Gasteiger partial charge in [0, 0.05) is 32.2 Å². The summed E-state index contributed by atoms with van der Waals surface area (Å²) in [6, 6.07) is 4.88. The number of hydrogen-bond acceptors (Lipinski definition) is 5. The molecule has 6 nitrogen and oxygen atoms in total. The van der Waals surface area contributed by atoms with Gasteiger partial charge in [0.2, 0.25) is 10.0 Å². The lowest BCUT2D eigenvalue weighted by Gasteiger charge is -2.24. The van der Waals surface area contributed by atoms with Crippen LogP contribution in [-0.4, -0.2) is 63.6 Å². The average Bonchev–Trinajstić information content (AvgIpc) is 2.80. The van der Waals surface area contributed by atoms with Crippen LogP contribution in [0.3, 0.4) is 0 Å². The number of hydrogen-bond donors (Lipinski definition) is 0. The second kappa shape index (κ2) is 7.29. The quantitative estimate of drug-likeness (QED) is 0.825. The zero-order valence-corrected chi connectivity index (χ0v) is 15.2. The minimum Gasteiger partial charge on any atom is -0.486 e. The van der Waals surface area contributed by atoms with Crippen molar-refractivity contribution in [3.05, 3.63) is 18.2 Å². The van der Waals surface area contributed by atoms with Gasteiger partial charge in [0.1, 0.15) is 13.2 Å². The van der Waals surface area contributed by atoms with E-state index in [9.17, 15) is 8.42 Å². The molecular weight excluding hydrogens is 328 g/mol. The summed E-state index contributed by atoms with van der Waals surface area (Å²) in [5, 5.41) is 0. The molecule has 0 radical (unpaired) electrons. The van der Waals surface area contributed by atoms with Crippen LogP contribution in [0.4, 0.5) is 0 Å². The summed E-state index contributed by atoms with van der Waals surface area (Å²) in [7, 11) is -3.50. The fourth-order valence-electron chi connectivity index (χ4n) is 3.22. The van der Waals surface area contributed by atoms with Gasteiger partial charge in [-0.2, -0.15) is 4.31 Å². The van der Waals surface area contributed by atoms with Crippen molar-refractivity contribution in [2.24, 2.45) is 5.92 Å². The molecule has 0 atom stereocenters. The van der Waals surface area contributed by atoms with Crippen LogP contribution in [0, 0.1) is 5.92 Å². The van der Waals surface area contributed by atoms with Gasteiger partial charge < -0.3 is 14.4 Å². The maximum atomic E-state index is 13.0. The molecule has 1 fully saturated rings. The number of sulfonamides is 1. The van der Waals surface area contributed by atoms with E-state index in [4.69, 9.17) is 9.47 Å². The summed E-state index contributed by atoms with van der Waals surface area (Å²) in [6.07, 6.45) is 0.858. The fourth-order valence-corrected chi connectivity index (χ4v) is 4.71. The van der Waals surface area contributed by atoms with Gasteiger partial charge in [-0.3, -0.25) is 0 Å². The molecule has 3 rings (SSSR count). The third-order valence-corrected chi connectivity index (χ3v) is 6.22. The Bertz CT molecular complexity index is 675. The van der Waals surface area contributed by atoms with E-state index < -0.39 is 10.0 Å². The van der Waals surface area contributed by atoms with Crippen LogP contribution in [0.15, 0.2) is 23.1 Å². The number of rotatable bonds is 4. The van der Waals surface area contributed by atoms with Crippen LogP contribution in [-0.2, 0) is 10.0 Å². The first-order valence-corrected chi connectivity index (χ1v) is 10.0. The molecule has 0 aromatic heterocycles. The van der Waals surface area contributed by atoms with Crippen LogP contribution in [0.25, 0.3) is 0 Å². The minimum atomic E-state index is -3.50. The molecule has 1 saturated heterocycles. The van der Waals surface area contributed by atoms with E-state index in [1.165, 1.54) is 0 Å². The highest BCUT2D eigenvalue weighted by atomic mass is 32.2. The molecule has 0 amide bonds. The van der Waals surface area contributed by atoms with Gasteiger partial charge >= 0.3 is 0 Å². The average molecular weight is 354 g/mol. The Morgan fingerprint density at radius 1 is 1.04 bits per heavy atom. The van der Waals surface area contributed by atoms with Crippen LogP contribution < -0.4 is 9.47 Å². The first-order valence-electron chi connectivity index (χ1n) is 8.59. The lowest BCUT2D eigenvalue weighted by Crippen LogP contribution is -2.36. The number of benzene rings is 1. The Balaban J connectivity index is 1.75. The Morgan fingerprint density at radius 2 is 1.79 bits per heavy atom. The van der Waals surface area contributed by atoms with Crippen molar-refractivity contribution < 1.29 is 17.9 Å². The van der Waals surface area contributed by atoms with Crippen molar-refractivity contribution in [2.75, 3.05) is 45.9 Å². The predicted octanol–water partition coefficient (Wildman–Crippen LogP) is 1.81. The third kappa shape index (κ3) is 3.84. The monoisotopic (exact) mass is 354 g/mol. The van der Waals surface area contributed by atoms with Gasteiger partial charge in [-0.15, -0.1) is 0 Å². The molecule has 2 aliphatic rings. The summed E-state index contributed by atoms with van der Waals surface area (Å²) < 4.78 is 38.5. The molecule has 0 N–H and O–H groups in total. The largest absolute Gasteiger partial charge is 0.486 e. The van der Waals surface area contributed by atoms with Crippen LogP contribution >= 0.6 is 0 Å². The Morgan fingerprint density at radius 3 is 2.54 bits per heavy atom. The molecular formula is C17H26N2O4S. The second-order valence-electron chi connectivity index (χ2n) is 6.76. The molecule has 24 heavy (non-hydrogen) atoms. The number of ether oxygens (including phenoxy) is 2. The standard InChI is InChI=1S/C17H26N2O4S/c1-14(2)13-18-6-3-7-19(9-8-18)24(20,21)15-4-5-16-17(12-15)23-11-10-22-16/h4-5,12,14H,3,6-11,13H2,1-2H3. The van der Waals surface area contributed by atoms with E-state index >= 15 is 0 Å². The Hall–Kier alpha value is -1.31.